The Morgan fingerprint density at radius 3 is 2.35 bits per heavy atom. The molecule has 5 rings (SSSR count). The van der Waals surface area contributed by atoms with Crippen LogP contribution in [0.1, 0.15) is 19.8 Å². The van der Waals surface area contributed by atoms with E-state index in [9.17, 15) is 55.2 Å². The van der Waals surface area contributed by atoms with Gasteiger partial charge in [-0.15, -0.1) is 0 Å². The molecule has 0 amide bonds. The Hall–Kier alpha value is -4.57. The third kappa shape index (κ3) is 8.07. The van der Waals surface area contributed by atoms with Gasteiger partial charge in [0.05, 0.1) is 38.8 Å². The topological polar surface area (TPSA) is 302 Å². The summed E-state index contributed by atoms with van der Waals surface area (Å²) in [5.41, 5.74) is -5.16. The summed E-state index contributed by atoms with van der Waals surface area (Å²) in [7, 11) is 1.32. The molecule has 9 atom stereocenters. The minimum atomic E-state index is -2.18. The standard InChI is InChI=1S/C33H38O19/c1-32(44,9-20(37)38)10-21(39)47-11-19-23(40)25(42)28(52-31-29(43)33(45,12-34)13-48-31)30(50-19)51-27-24(41)22-17(36)7-16(46-2)8-18(22)49-26(27)14-3-5-15(35)6-4-14/h3-8,19,23,25,28-31,34-36,40,42-45H,9-13H2,1-2H3,(H,37,38)/t19-,23+,25+,28-,29+,30+,31+,32+,33-/m1/s1. The fourth-order valence-corrected chi connectivity index (χ4v) is 5.67. The molecule has 19 nitrogen and oxygen atoms in total. The lowest BCUT2D eigenvalue weighted by molar-refractivity contribution is -0.319. The summed E-state index contributed by atoms with van der Waals surface area (Å²) >= 11 is 0. The Balaban J connectivity index is 1.54. The van der Waals surface area contributed by atoms with Crippen LogP contribution in [-0.2, 0) is 28.5 Å². The maximum Gasteiger partial charge on any atom is 0.308 e. The first kappa shape index (κ1) is 38.7. The van der Waals surface area contributed by atoms with Crippen molar-refractivity contribution >= 4 is 22.9 Å². The first-order valence-electron chi connectivity index (χ1n) is 15.7. The Labute approximate surface area is 293 Å². The Morgan fingerprint density at radius 2 is 1.73 bits per heavy atom. The van der Waals surface area contributed by atoms with Crippen LogP contribution in [0.4, 0.5) is 0 Å². The molecule has 0 bridgehead atoms. The molecule has 0 aliphatic carbocycles. The molecule has 284 valence electrons. The molecule has 9 N–H and O–H groups in total. The van der Waals surface area contributed by atoms with E-state index >= 15 is 0 Å². The quantitative estimate of drug-likeness (QED) is 0.0920. The smallest absolute Gasteiger partial charge is 0.308 e. The van der Waals surface area contributed by atoms with Crippen molar-refractivity contribution in [2.45, 2.75) is 74.1 Å². The van der Waals surface area contributed by atoms with Gasteiger partial charge in [-0.05, 0) is 31.2 Å². The second kappa shape index (κ2) is 15.2. The highest BCUT2D eigenvalue weighted by Gasteiger charge is 2.54. The molecular formula is C33H38O19. The summed E-state index contributed by atoms with van der Waals surface area (Å²) in [5.74, 6) is -4.02. The lowest BCUT2D eigenvalue weighted by Gasteiger charge is -2.42. The van der Waals surface area contributed by atoms with Gasteiger partial charge in [-0.1, -0.05) is 0 Å². The number of esters is 1. The summed E-state index contributed by atoms with van der Waals surface area (Å²) in [6.45, 7) is -1.28. The zero-order chi connectivity index (χ0) is 38.1. The number of phenols is 2. The van der Waals surface area contributed by atoms with Crippen LogP contribution in [0.25, 0.3) is 22.3 Å². The van der Waals surface area contributed by atoms with Crippen LogP contribution in [-0.4, -0.2) is 139 Å². The van der Waals surface area contributed by atoms with Gasteiger partial charge in [-0.25, -0.2) is 0 Å². The number of carboxylic acids is 1. The van der Waals surface area contributed by atoms with Crippen LogP contribution in [0, 0.1) is 0 Å². The van der Waals surface area contributed by atoms with Crippen LogP contribution >= 0.6 is 0 Å². The molecule has 3 aromatic rings. The van der Waals surface area contributed by atoms with Crippen LogP contribution in [0.3, 0.4) is 0 Å². The van der Waals surface area contributed by atoms with Crippen molar-refractivity contribution in [3.63, 3.8) is 0 Å². The van der Waals surface area contributed by atoms with E-state index in [4.69, 9.17) is 37.9 Å². The van der Waals surface area contributed by atoms with Gasteiger partial charge in [0.25, 0.3) is 0 Å². The van der Waals surface area contributed by atoms with Crippen molar-refractivity contribution in [2.75, 3.05) is 26.9 Å². The molecular weight excluding hydrogens is 700 g/mol. The molecule has 2 aliphatic heterocycles. The van der Waals surface area contributed by atoms with E-state index in [1.165, 1.54) is 37.4 Å². The first-order chi connectivity index (χ1) is 24.5. The zero-order valence-electron chi connectivity index (χ0n) is 27.6. The second-order valence-corrected chi connectivity index (χ2v) is 12.7. The fraction of sp³-hybridized carbons (Fsp3) is 0.485. The van der Waals surface area contributed by atoms with Crippen molar-refractivity contribution in [1.82, 2.24) is 0 Å². The zero-order valence-corrected chi connectivity index (χ0v) is 27.6. The molecule has 0 saturated carbocycles. The van der Waals surface area contributed by atoms with Gasteiger partial charge in [0.2, 0.25) is 17.5 Å². The number of carbonyl (C=O) groups is 2. The van der Waals surface area contributed by atoms with Gasteiger partial charge in [0, 0.05) is 17.7 Å². The Morgan fingerprint density at radius 1 is 1.04 bits per heavy atom. The lowest BCUT2D eigenvalue weighted by atomic mass is 9.97. The van der Waals surface area contributed by atoms with E-state index in [1.54, 1.807) is 0 Å². The molecule has 52 heavy (non-hydrogen) atoms. The highest BCUT2D eigenvalue weighted by molar-refractivity contribution is 5.88. The average molecular weight is 739 g/mol. The number of aliphatic carboxylic acids is 1. The summed E-state index contributed by atoms with van der Waals surface area (Å²) < 4.78 is 39.2. The molecule has 3 heterocycles. The summed E-state index contributed by atoms with van der Waals surface area (Å²) in [4.78, 5) is 37.6. The van der Waals surface area contributed by atoms with E-state index in [-0.39, 0.29) is 33.8 Å². The fourth-order valence-electron chi connectivity index (χ4n) is 5.67. The minimum absolute atomic E-state index is 0.125. The van der Waals surface area contributed by atoms with Crippen LogP contribution in [0.2, 0.25) is 0 Å². The molecule has 2 aromatic carbocycles. The largest absolute Gasteiger partial charge is 0.508 e. The number of aliphatic hydroxyl groups is 6. The number of aromatic hydroxyl groups is 2. The predicted octanol–water partition coefficient (Wildman–Crippen LogP) is -1.31. The number of rotatable bonds is 13. The van der Waals surface area contributed by atoms with Crippen LogP contribution < -0.4 is 14.9 Å². The first-order valence-corrected chi connectivity index (χ1v) is 15.7. The van der Waals surface area contributed by atoms with Gasteiger partial charge in [-0.3, -0.25) is 14.4 Å². The van der Waals surface area contributed by atoms with Crippen molar-refractivity contribution in [1.29, 1.82) is 0 Å². The number of aliphatic hydroxyl groups excluding tert-OH is 4. The number of hydrogen-bond donors (Lipinski definition) is 9. The predicted molar refractivity (Wildman–Crippen MR) is 170 cm³/mol. The third-order valence-electron chi connectivity index (χ3n) is 8.49. The molecule has 0 spiro atoms. The molecule has 2 fully saturated rings. The maximum absolute atomic E-state index is 14.1. The van der Waals surface area contributed by atoms with Gasteiger partial charge >= 0.3 is 11.9 Å². The van der Waals surface area contributed by atoms with Crippen LogP contribution in [0.15, 0.2) is 45.6 Å². The molecule has 2 saturated heterocycles. The molecule has 0 unspecified atom stereocenters. The molecule has 2 aliphatic rings. The number of carbonyl (C=O) groups excluding carboxylic acids is 1. The number of benzene rings is 2. The summed E-state index contributed by atoms with van der Waals surface area (Å²) in [6.07, 6.45) is -14.7. The summed E-state index contributed by atoms with van der Waals surface area (Å²) in [5, 5.41) is 92.5. The minimum Gasteiger partial charge on any atom is -0.508 e. The number of ether oxygens (including phenoxy) is 6. The van der Waals surface area contributed by atoms with Gasteiger partial charge in [-0.2, -0.15) is 0 Å². The van der Waals surface area contributed by atoms with E-state index in [1.807, 2.05) is 0 Å². The molecule has 1 aromatic heterocycles. The monoisotopic (exact) mass is 738 g/mol. The van der Waals surface area contributed by atoms with E-state index in [2.05, 4.69) is 0 Å². The Kier molecular flexibility index (Phi) is 11.3. The van der Waals surface area contributed by atoms with E-state index in [0.717, 1.165) is 13.0 Å². The number of fused-ring (bicyclic) bond motifs is 1. The van der Waals surface area contributed by atoms with E-state index in [0.29, 0.717) is 0 Å². The molecule has 19 heteroatoms. The van der Waals surface area contributed by atoms with Gasteiger partial charge in [0.1, 0.15) is 64.8 Å². The number of carboxylic acid groups (broad SMARTS) is 1. The molecule has 0 radical (unpaired) electrons. The van der Waals surface area contributed by atoms with Crippen molar-refractivity contribution < 1.29 is 88.4 Å². The summed E-state index contributed by atoms with van der Waals surface area (Å²) in [6, 6.07) is 7.71. The SMILES string of the molecule is COc1cc(O)c2c(=O)c(O[C@@H]3O[C@H](COC(=O)C[C@@](C)(O)CC(=O)O)[C@H](O)[C@H](O)[C@H]3O[C@@H]3OC[C@](O)(CO)[C@H]3O)c(-c3ccc(O)cc3)oc2c1. The van der Waals surface area contributed by atoms with Gasteiger partial charge in [0.15, 0.2) is 18.2 Å². The third-order valence-corrected chi connectivity index (χ3v) is 8.49. The second-order valence-electron chi connectivity index (χ2n) is 12.7. The number of methoxy groups -OCH3 is 1. The van der Waals surface area contributed by atoms with Gasteiger partial charge < -0.3 is 78.8 Å². The number of hydrogen-bond acceptors (Lipinski definition) is 18. The maximum atomic E-state index is 14.1. The Bertz CT molecular complexity index is 1820. The normalized spacial score (nSPS) is 28.7. The lowest BCUT2D eigenvalue weighted by Crippen LogP contribution is -2.62. The van der Waals surface area contributed by atoms with Crippen molar-refractivity contribution in [3.8, 4) is 34.3 Å². The van der Waals surface area contributed by atoms with Crippen molar-refractivity contribution in [2.24, 2.45) is 0 Å². The highest BCUT2D eigenvalue weighted by Crippen LogP contribution is 2.39. The highest BCUT2D eigenvalue weighted by atomic mass is 16.8. The number of phenolic OH excluding ortho intramolecular Hbond substituents is 2. The average Bonchev–Trinajstić information content (AvgIpc) is 3.36. The van der Waals surface area contributed by atoms with E-state index < -0.39 is 116 Å². The van der Waals surface area contributed by atoms with Crippen molar-refractivity contribution in [3.05, 3.63) is 46.6 Å². The van der Waals surface area contributed by atoms with Crippen LogP contribution in [0.5, 0.6) is 23.0 Å².